The number of nitro groups is 2. The van der Waals surface area contributed by atoms with Crippen molar-refractivity contribution in [3.8, 4) is 0 Å². The Balaban J connectivity index is 2.22. The highest BCUT2D eigenvalue weighted by atomic mass is 19.1. The zero-order chi connectivity index (χ0) is 16.1. The summed E-state index contributed by atoms with van der Waals surface area (Å²) >= 11 is 0. The van der Waals surface area contributed by atoms with Crippen molar-refractivity contribution in [1.29, 1.82) is 0 Å². The predicted molar refractivity (Wildman–Crippen MR) is 77.4 cm³/mol. The minimum atomic E-state index is -0.757. The first-order valence-corrected chi connectivity index (χ1v) is 5.95. The number of nitro benzene ring substituents is 2. The Morgan fingerprint density at radius 2 is 1.86 bits per heavy atom. The number of hydrogen-bond acceptors (Lipinski definition) is 6. The molecule has 2 rings (SSSR count). The molecule has 0 fully saturated rings. The van der Waals surface area contributed by atoms with E-state index in [0.29, 0.717) is 5.56 Å². The molecule has 0 aliphatic rings. The fraction of sp³-hybridized carbons (Fsp3) is 0. The Labute approximate surface area is 123 Å². The number of hydrogen-bond donors (Lipinski definition) is 1. The molecule has 2 aromatic rings. The molecular formula is C13H9FN4O4. The highest BCUT2D eigenvalue weighted by Gasteiger charge is 2.18. The number of anilines is 1. The second kappa shape index (κ2) is 6.39. The van der Waals surface area contributed by atoms with Gasteiger partial charge in [0.2, 0.25) is 0 Å². The van der Waals surface area contributed by atoms with Crippen molar-refractivity contribution in [3.05, 3.63) is 74.1 Å². The van der Waals surface area contributed by atoms with Gasteiger partial charge in [-0.05, 0) is 23.8 Å². The summed E-state index contributed by atoms with van der Waals surface area (Å²) in [6.07, 6.45) is 1.27. The molecule has 0 aromatic heterocycles. The van der Waals surface area contributed by atoms with Crippen LogP contribution in [0.3, 0.4) is 0 Å². The highest BCUT2D eigenvalue weighted by Crippen LogP contribution is 2.28. The van der Waals surface area contributed by atoms with Crippen LogP contribution in [0, 0.1) is 26.0 Å². The molecule has 0 spiro atoms. The van der Waals surface area contributed by atoms with Gasteiger partial charge in [0.05, 0.1) is 22.1 Å². The van der Waals surface area contributed by atoms with Gasteiger partial charge in [-0.25, -0.2) is 4.39 Å². The molecular weight excluding hydrogens is 295 g/mol. The molecule has 1 N–H and O–H groups in total. The fourth-order valence-corrected chi connectivity index (χ4v) is 1.64. The van der Waals surface area contributed by atoms with Crippen LogP contribution < -0.4 is 5.43 Å². The van der Waals surface area contributed by atoms with E-state index in [0.717, 1.165) is 12.1 Å². The summed E-state index contributed by atoms with van der Waals surface area (Å²) in [6, 6.07) is 8.72. The van der Waals surface area contributed by atoms with Gasteiger partial charge in [0, 0.05) is 6.07 Å². The van der Waals surface area contributed by atoms with Crippen LogP contribution in [0.1, 0.15) is 5.56 Å². The fourth-order valence-electron chi connectivity index (χ4n) is 1.64. The third kappa shape index (κ3) is 3.60. The lowest BCUT2D eigenvalue weighted by Gasteiger charge is -2.01. The number of nitrogens with one attached hydrogen (secondary N) is 1. The summed E-state index contributed by atoms with van der Waals surface area (Å²) in [5.41, 5.74) is 1.98. The summed E-state index contributed by atoms with van der Waals surface area (Å²) in [4.78, 5) is 20.0. The van der Waals surface area contributed by atoms with Gasteiger partial charge in [0.1, 0.15) is 11.5 Å². The maximum Gasteiger partial charge on any atom is 0.301 e. The van der Waals surface area contributed by atoms with Gasteiger partial charge in [0.25, 0.3) is 5.69 Å². The van der Waals surface area contributed by atoms with Crippen LogP contribution in [0.4, 0.5) is 21.5 Å². The molecule has 0 saturated heterocycles. The van der Waals surface area contributed by atoms with Gasteiger partial charge in [-0.1, -0.05) is 12.1 Å². The lowest BCUT2D eigenvalue weighted by molar-refractivity contribution is -0.393. The Kier molecular flexibility index (Phi) is 4.37. The van der Waals surface area contributed by atoms with Gasteiger partial charge < -0.3 is 0 Å². The van der Waals surface area contributed by atoms with Crippen LogP contribution in [0.15, 0.2) is 47.6 Å². The highest BCUT2D eigenvalue weighted by molar-refractivity contribution is 5.80. The molecule has 0 bridgehead atoms. The van der Waals surface area contributed by atoms with Crippen LogP contribution in [0.5, 0.6) is 0 Å². The van der Waals surface area contributed by atoms with Crippen LogP contribution in [-0.4, -0.2) is 16.1 Å². The first-order valence-electron chi connectivity index (χ1n) is 5.95. The first kappa shape index (κ1) is 15.0. The third-order valence-electron chi connectivity index (χ3n) is 2.64. The molecule has 9 heteroatoms. The second-order valence-electron chi connectivity index (χ2n) is 4.14. The van der Waals surface area contributed by atoms with Gasteiger partial charge in [-0.3, -0.25) is 25.7 Å². The smallest absolute Gasteiger partial charge is 0.272 e. The number of benzene rings is 2. The molecule has 0 aliphatic carbocycles. The van der Waals surface area contributed by atoms with Crippen molar-refractivity contribution in [1.82, 2.24) is 0 Å². The topological polar surface area (TPSA) is 111 Å². The average Bonchev–Trinajstić information content (AvgIpc) is 2.47. The average molecular weight is 304 g/mol. The molecule has 0 saturated carbocycles. The lowest BCUT2D eigenvalue weighted by Crippen LogP contribution is -1.98. The third-order valence-corrected chi connectivity index (χ3v) is 2.64. The zero-order valence-corrected chi connectivity index (χ0v) is 11.0. The summed E-state index contributed by atoms with van der Waals surface area (Å²) < 4.78 is 13.0. The van der Waals surface area contributed by atoms with E-state index < -0.39 is 27.0 Å². The quantitative estimate of drug-likeness (QED) is 0.518. The molecule has 2 aromatic carbocycles. The summed E-state index contributed by atoms with van der Waals surface area (Å²) in [7, 11) is 0. The molecule has 0 amide bonds. The molecule has 0 atom stereocenters. The number of rotatable bonds is 5. The number of non-ortho nitro benzene ring substituents is 1. The summed E-state index contributed by atoms with van der Waals surface area (Å²) in [5, 5.41) is 25.3. The maximum absolute atomic E-state index is 13.0. The summed E-state index contributed by atoms with van der Waals surface area (Å²) in [5.74, 6) is -0.440. The van der Waals surface area contributed by atoms with Gasteiger partial charge >= 0.3 is 5.69 Å². The van der Waals surface area contributed by atoms with E-state index in [-0.39, 0.29) is 5.69 Å². The van der Waals surface area contributed by atoms with E-state index >= 15 is 0 Å². The number of nitrogens with zero attached hydrogens (tertiary/aromatic N) is 3. The van der Waals surface area contributed by atoms with Gasteiger partial charge in [-0.15, -0.1) is 0 Å². The Bertz CT molecular complexity index is 763. The van der Waals surface area contributed by atoms with Crippen LogP contribution in [0.25, 0.3) is 0 Å². The SMILES string of the molecule is O=[N+]([O-])c1ccc(NN=Cc2cccc(F)c2)c([N+](=O)[O-])c1. The van der Waals surface area contributed by atoms with Crippen molar-refractivity contribution in [2.24, 2.45) is 5.10 Å². The number of hydrazone groups is 1. The maximum atomic E-state index is 13.0. The van der Waals surface area contributed by atoms with Gasteiger partial charge in [-0.2, -0.15) is 5.10 Å². The van der Waals surface area contributed by atoms with E-state index in [1.807, 2.05) is 0 Å². The van der Waals surface area contributed by atoms with Crippen molar-refractivity contribution < 1.29 is 14.2 Å². The monoisotopic (exact) mass is 304 g/mol. The first-order chi connectivity index (χ1) is 10.5. The number of halogens is 1. The zero-order valence-electron chi connectivity index (χ0n) is 11.0. The minimum Gasteiger partial charge on any atom is -0.272 e. The largest absolute Gasteiger partial charge is 0.301 e. The van der Waals surface area contributed by atoms with Crippen molar-refractivity contribution in [3.63, 3.8) is 0 Å². The van der Waals surface area contributed by atoms with E-state index in [4.69, 9.17) is 0 Å². The molecule has 8 nitrogen and oxygen atoms in total. The van der Waals surface area contributed by atoms with E-state index in [1.165, 1.54) is 30.5 Å². The Hall–Kier alpha value is -3.36. The lowest BCUT2D eigenvalue weighted by atomic mass is 10.2. The van der Waals surface area contributed by atoms with Crippen LogP contribution in [0.2, 0.25) is 0 Å². The molecule has 0 radical (unpaired) electrons. The standard InChI is InChI=1S/C13H9FN4O4/c14-10-3-1-2-9(6-10)8-15-16-12-5-4-11(17(19)20)7-13(12)18(21)22/h1-8,16H. The van der Waals surface area contributed by atoms with E-state index in [2.05, 4.69) is 10.5 Å². The molecule has 22 heavy (non-hydrogen) atoms. The van der Waals surface area contributed by atoms with E-state index in [9.17, 15) is 24.6 Å². The van der Waals surface area contributed by atoms with Crippen molar-refractivity contribution >= 4 is 23.3 Å². The van der Waals surface area contributed by atoms with Crippen LogP contribution in [-0.2, 0) is 0 Å². The normalized spacial score (nSPS) is 10.6. The van der Waals surface area contributed by atoms with Crippen molar-refractivity contribution in [2.75, 3.05) is 5.43 Å². The minimum absolute atomic E-state index is 0.0109. The van der Waals surface area contributed by atoms with Crippen molar-refractivity contribution in [2.45, 2.75) is 0 Å². The molecule has 0 unspecified atom stereocenters. The molecule has 0 aliphatic heterocycles. The predicted octanol–water partition coefficient (Wildman–Crippen LogP) is 3.09. The Morgan fingerprint density at radius 3 is 2.50 bits per heavy atom. The Morgan fingerprint density at radius 1 is 1.09 bits per heavy atom. The summed E-state index contributed by atoms with van der Waals surface area (Å²) in [6.45, 7) is 0. The second-order valence-corrected chi connectivity index (χ2v) is 4.14. The molecule has 0 heterocycles. The van der Waals surface area contributed by atoms with Gasteiger partial charge in [0.15, 0.2) is 0 Å². The molecule has 112 valence electrons. The van der Waals surface area contributed by atoms with Crippen LogP contribution >= 0.6 is 0 Å². The van der Waals surface area contributed by atoms with E-state index in [1.54, 1.807) is 6.07 Å².